The summed E-state index contributed by atoms with van der Waals surface area (Å²) in [6, 6.07) is 24.4. The first-order chi connectivity index (χ1) is 19.7. The Balaban J connectivity index is 1.16. The monoisotopic (exact) mass is 558 g/mol. The second-order valence-corrected chi connectivity index (χ2v) is 10.0. The first-order valence-electron chi connectivity index (χ1n) is 13.4. The number of benzene rings is 3. The summed E-state index contributed by atoms with van der Waals surface area (Å²) in [6.45, 7) is 6.47. The molecule has 0 radical (unpaired) electrons. The van der Waals surface area contributed by atoms with Crippen molar-refractivity contribution < 1.29 is 18.3 Å². The number of nitrogens with zero attached hydrogens (tertiary/aromatic N) is 4. The number of rotatable bonds is 9. The number of amides is 1. The van der Waals surface area contributed by atoms with E-state index in [0.29, 0.717) is 5.95 Å². The maximum Gasteiger partial charge on any atom is 0.394 e. The van der Waals surface area contributed by atoms with Crippen molar-refractivity contribution in [2.45, 2.75) is 26.5 Å². The molecule has 1 fully saturated rings. The molecule has 0 spiro atoms. The Kier molecular flexibility index (Phi) is 8.39. The van der Waals surface area contributed by atoms with Gasteiger partial charge in [-0.1, -0.05) is 30.3 Å². The van der Waals surface area contributed by atoms with Crippen LogP contribution in [0.4, 0.5) is 31.8 Å². The fourth-order valence-corrected chi connectivity index (χ4v) is 4.71. The third kappa shape index (κ3) is 7.98. The summed E-state index contributed by atoms with van der Waals surface area (Å²) in [5, 5.41) is 6.08. The lowest BCUT2D eigenvalue weighted by atomic mass is 10.1. The van der Waals surface area contributed by atoms with E-state index in [4.69, 9.17) is 0 Å². The van der Waals surface area contributed by atoms with Crippen molar-refractivity contribution in [3.8, 4) is 17.0 Å². The van der Waals surface area contributed by atoms with Crippen molar-refractivity contribution in [1.29, 1.82) is 0 Å². The summed E-state index contributed by atoms with van der Waals surface area (Å²) in [6.07, 6.45) is -1.47. The predicted molar refractivity (Wildman–Crippen MR) is 157 cm³/mol. The van der Waals surface area contributed by atoms with Crippen molar-refractivity contribution in [1.82, 2.24) is 14.9 Å². The van der Waals surface area contributed by atoms with Gasteiger partial charge in [0.05, 0.1) is 5.69 Å². The molecule has 5 rings (SSSR count). The second kappa shape index (κ2) is 12.3. The lowest BCUT2D eigenvalue weighted by Gasteiger charge is -2.36. The van der Waals surface area contributed by atoms with Gasteiger partial charge in [-0.25, -0.2) is 9.97 Å². The number of anilines is 4. The number of hydrogen-bond acceptors (Lipinski definition) is 7. The molecule has 41 heavy (non-hydrogen) atoms. The van der Waals surface area contributed by atoms with Crippen LogP contribution in [0.15, 0.2) is 85.1 Å². The Morgan fingerprint density at radius 1 is 0.951 bits per heavy atom. The molecule has 3 aromatic carbocycles. The van der Waals surface area contributed by atoms with Gasteiger partial charge in [0.2, 0.25) is 11.9 Å². The minimum Gasteiger partial charge on any atom is -0.433 e. The normalized spacial score (nSPS) is 14.0. The number of ether oxygens (including phenoxy) is 1. The summed E-state index contributed by atoms with van der Waals surface area (Å²) in [7, 11) is 0. The zero-order chi connectivity index (χ0) is 28.8. The molecule has 1 aliphatic rings. The molecule has 0 atom stereocenters. The standard InChI is InChI=1S/C31H32F2N6O2/c1-22(40)35-25-10-8-24(9-11-25)29-14-15-34-30(37-29)36-26-4-3-5-27(20-26)39-18-16-38(17-19-39)21-23-6-12-28(13-7-23)41-31(2,32)33/h3-15,20H,16-19,21H2,1-2H3,(H,35,40)(H,34,36,37). The fraction of sp³-hybridized carbons (Fsp3) is 0.258. The van der Waals surface area contributed by atoms with Crippen molar-refractivity contribution in [2.24, 2.45) is 0 Å². The summed E-state index contributed by atoms with van der Waals surface area (Å²) in [5.41, 5.74) is 5.49. The molecule has 0 unspecified atom stereocenters. The molecular weight excluding hydrogens is 526 g/mol. The Labute approximate surface area is 238 Å². The molecule has 2 heterocycles. The maximum absolute atomic E-state index is 13.1. The minimum absolute atomic E-state index is 0.113. The number of alkyl halides is 2. The van der Waals surface area contributed by atoms with Crippen LogP contribution in [-0.4, -0.2) is 53.1 Å². The van der Waals surface area contributed by atoms with E-state index >= 15 is 0 Å². The van der Waals surface area contributed by atoms with Crippen molar-refractivity contribution in [2.75, 3.05) is 41.7 Å². The van der Waals surface area contributed by atoms with Gasteiger partial charge in [0.25, 0.3) is 0 Å². The molecule has 212 valence electrons. The molecule has 0 saturated carbocycles. The largest absolute Gasteiger partial charge is 0.433 e. The highest BCUT2D eigenvalue weighted by Gasteiger charge is 2.23. The van der Waals surface area contributed by atoms with Gasteiger partial charge in [-0.05, 0) is 54.1 Å². The van der Waals surface area contributed by atoms with Crippen LogP contribution < -0.4 is 20.3 Å². The zero-order valence-corrected chi connectivity index (χ0v) is 23.0. The van der Waals surface area contributed by atoms with Crippen LogP contribution in [-0.2, 0) is 11.3 Å². The van der Waals surface area contributed by atoms with Crippen LogP contribution >= 0.6 is 0 Å². The van der Waals surface area contributed by atoms with E-state index in [-0.39, 0.29) is 11.7 Å². The second-order valence-electron chi connectivity index (χ2n) is 10.0. The van der Waals surface area contributed by atoms with E-state index in [0.717, 1.165) is 73.5 Å². The highest BCUT2D eigenvalue weighted by atomic mass is 19.3. The maximum atomic E-state index is 13.1. The first-order valence-corrected chi connectivity index (χ1v) is 13.4. The summed E-state index contributed by atoms with van der Waals surface area (Å²) < 4.78 is 30.7. The Bertz CT molecular complexity index is 1470. The van der Waals surface area contributed by atoms with Crippen LogP contribution in [0.3, 0.4) is 0 Å². The van der Waals surface area contributed by atoms with E-state index in [1.807, 2.05) is 54.6 Å². The quantitative estimate of drug-likeness (QED) is 0.255. The number of aromatic nitrogens is 2. The van der Waals surface area contributed by atoms with E-state index in [1.54, 1.807) is 18.3 Å². The van der Waals surface area contributed by atoms with Gasteiger partial charge in [-0.15, -0.1) is 0 Å². The fourth-order valence-electron chi connectivity index (χ4n) is 4.71. The van der Waals surface area contributed by atoms with Gasteiger partial charge in [0.15, 0.2) is 0 Å². The van der Waals surface area contributed by atoms with E-state index in [2.05, 4.69) is 47.3 Å². The number of carbonyl (C=O) groups excluding carboxylic acids is 1. The highest BCUT2D eigenvalue weighted by Crippen LogP contribution is 2.26. The first kappa shape index (κ1) is 28.0. The molecule has 1 aromatic heterocycles. The number of piperazine rings is 1. The van der Waals surface area contributed by atoms with Gasteiger partial charge >= 0.3 is 6.11 Å². The lowest BCUT2D eigenvalue weighted by Crippen LogP contribution is -2.45. The number of hydrogen-bond donors (Lipinski definition) is 2. The highest BCUT2D eigenvalue weighted by molar-refractivity contribution is 5.88. The SMILES string of the molecule is CC(=O)Nc1ccc(-c2ccnc(Nc3cccc(N4CCN(Cc5ccc(OC(C)(F)F)cc5)CC4)c3)n2)cc1. The third-order valence-corrected chi connectivity index (χ3v) is 6.62. The molecule has 1 amide bonds. The average molecular weight is 559 g/mol. The topological polar surface area (TPSA) is 82.6 Å². The van der Waals surface area contributed by atoms with Crippen molar-refractivity contribution in [3.05, 3.63) is 90.6 Å². The van der Waals surface area contributed by atoms with Gasteiger partial charge in [-0.3, -0.25) is 9.69 Å². The van der Waals surface area contributed by atoms with Crippen molar-refractivity contribution in [3.63, 3.8) is 0 Å². The lowest BCUT2D eigenvalue weighted by molar-refractivity contribution is -0.158. The van der Waals surface area contributed by atoms with Crippen LogP contribution in [0.2, 0.25) is 0 Å². The van der Waals surface area contributed by atoms with Crippen LogP contribution in [0, 0.1) is 0 Å². The zero-order valence-electron chi connectivity index (χ0n) is 23.0. The Morgan fingerprint density at radius 3 is 2.37 bits per heavy atom. The average Bonchev–Trinajstić information content (AvgIpc) is 2.94. The summed E-state index contributed by atoms with van der Waals surface area (Å²) >= 11 is 0. The smallest absolute Gasteiger partial charge is 0.394 e. The van der Waals surface area contributed by atoms with Crippen LogP contribution in [0.25, 0.3) is 11.3 Å². The summed E-state index contributed by atoms with van der Waals surface area (Å²) in [5.74, 6) is 0.543. The molecule has 4 aromatic rings. The van der Waals surface area contributed by atoms with E-state index in [1.165, 1.54) is 6.92 Å². The third-order valence-electron chi connectivity index (χ3n) is 6.62. The van der Waals surface area contributed by atoms with Crippen LogP contribution in [0.1, 0.15) is 19.4 Å². The predicted octanol–water partition coefficient (Wildman–Crippen LogP) is 6.16. The molecule has 0 aliphatic carbocycles. The molecule has 10 heteroatoms. The number of nitrogens with one attached hydrogen (secondary N) is 2. The van der Waals surface area contributed by atoms with Crippen LogP contribution in [0.5, 0.6) is 5.75 Å². The van der Waals surface area contributed by atoms with Crippen molar-refractivity contribution >= 4 is 28.9 Å². The molecule has 8 nitrogen and oxygen atoms in total. The van der Waals surface area contributed by atoms with Gasteiger partial charge in [-0.2, -0.15) is 8.78 Å². The molecule has 1 aliphatic heterocycles. The molecule has 1 saturated heterocycles. The van der Waals surface area contributed by atoms with Gasteiger partial charge in [0, 0.05) is 75.4 Å². The molecule has 0 bridgehead atoms. The van der Waals surface area contributed by atoms with Gasteiger partial charge < -0.3 is 20.3 Å². The molecular formula is C31H32F2N6O2. The Hall–Kier alpha value is -4.57. The van der Waals surface area contributed by atoms with Gasteiger partial charge in [0.1, 0.15) is 5.75 Å². The number of halogens is 2. The number of carbonyl (C=O) groups is 1. The van der Waals surface area contributed by atoms with E-state index < -0.39 is 6.11 Å². The summed E-state index contributed by atoms with van der Waals surface area (Å²) in [4.78, 5) is 25.0. The van der Waals surface area contributed by atoms with E-state index in [9.17, 15) is 13.6 Å². The molecule has 2 N–H and O–H groups in total. The Morgan fingerprint density at radius 2 is 1.68 bits per heavy atom. The minimum atomic E-state index is -3.19.